The van der Waals surface area contributed by atoms with Crippen molar-refractivity contribution >= 4 is 0 Å². The molecule has 0 fully saturated rings. The highest BCUT2D eigenvalue weighted by Crippen LogP contribution is 2.44. The van der Waals surface area contributed by atoms with Crippen LogP contribution in [0.1, 0.15) is 24.8 Å². The van der Waals surface area contributed by atoms with Crippen LogP contribution in [-0.2, 0) is 0 Å². The molecule has 0 saturated heterocycles. The summed E-state index contributed by atoms with van der Waals surface area (Å²) in [6.07, 6.45) is 0.773. The summed E-state index contributed by atoms with van der Waals surface area (Å²) in [7, 11) is 1.44. The van der Waals surface area contributed by atoms with E-state index in [1.807, 2.05) is 6.92 Å². The molecular formula is C13H18FNO3. The van der Waals surface area contributed by atoms with Crippen molar-refractivity contribution in [2.45, 2.75) is 19.3 Å². The number of nitrogens with two attached hydrogens (primary N) is 1. The second-order valence-electron chi connectivity index (χ2n) is 4.32. The van der Waals surface area contributed by atoms with Crippen LogP contribution in [0.4, 0.5) is 4.39 Å². The van der Waals surface area contributed by atoms with Gasteiger partial charge in [-0.2, -0.15) is 0 Å². The highest BCUT2D eigenvalue weighted by molar-refractivity contribution is 5.56. The van der Waals surface area contributed by atoms with Gasteiger partial charge in [-0.25, -0.2) is 4.39 Å². The molecule has 0 bridgehead atoms. The number of ether oxygens (including phenoxy) is 3. The molecule has 0 spiro atoms. The average molecular weight is 255 g/mol. The Kier molecular flexibility index (Phi) is 3.91. The summed E-state index contributed by atoms with van der Waals surface area (Å²) in [5.74, 6) is 0.671. The number of benzene rings is 1. The third-order valence-electron chi connectivity index (χ3n) is 3.03. The van der Waals surface area contributed by atoms with Gasteiger partial charge in [-0.1, -0.05) is 6.92 Å². The van der Waals surface area contributed by atoms with Gasteiger partial charge < -0.3 is 19.9 Å². The number of methoxy groups -OCH3 is 1. The summed E-state index contributed by atoms with van der Waals surface area (Å²) in [6, 6.07) is 1.31. The molecule has 1 aromatic carbocycles. The molecule has 18 heavy (non-hydrogen) atoms. The molecule has 0 radical (unpaired) electrons. The summed E-state index contributed by atoms with van der Waals surface area (Å²) >= 11 is 0. The molecule has 0 aliphatic carbocycles. The topological polar surface area (TPSA) is 53.7 Å². The molecule has 1 heterocycles. The van der Waals surface area contributed by atoms with Crippen LogP contribution in [0.15, 0.2) is 6.07 Å². The van der Waals surface area contributed by atoms with Crippen molar-refractivity contribution in [1.29, 1.82) is 0 Å². The summed E-state index contributed by atoms with van der Waals surface area (Å²) in [4.78, 5) is 0. The zero-order valence-electron chi connectivity index (χ0n) is 10.7. The molecule has 1 aliphatic rings. The van der Waals surface area contributed by atoms with Crippen LogP contribution in [-0.4, -0.2) is 26.9 Å². The fraction of sp³-hybridized carbons (Fsp3) is 0.538. The second kappa shape index (κ2) is 5.44. The quantitative estimate of drug-likeness (QED) is 0.898. The lowest BCUT2D eigenvalue weighted by Gasteiger charge is -2.20. The molecule has 1 unspecified atom stereocenters. The van der Waals surface area contributed by atoms with Crippen LogP contribution >= 0.6 is 0 Å². The molecule has 1 aliphatic heterocycles. The molecule has 0 amide bonds. The van der Waals surface area contributed by atoms with Gasteiger partial charge in [-0.3, -0.25) is 0 Å². The number of hydrogen-bond donors (Lipinski definition) is 1. The number of halogens is 1. The van der Waals surface area contributed by atoms with Crippen LogP contribution in [0, 0.1) is 5.82 Å². The molecule has 0 aromatic heterocycles. The standard InChI is InChI=1S/C13H18FNO3/c1-8(7-15)11-12(16-2)9(14)6-10-13(11)18-5-3-4-17-10/h6,8H,3-5,7,15H2,1-2H3. The van der Waals surface area contributed by atoms with Crippen LogP contribution in [0.5, 0.6) is 17.2 Å². The van der Waals surface area contributed by atoms with Gasteiger partial charge in [-0.15, -0.1) is 0 Å². The van der Waals surface area contributed by atoms with Crippen LogP contribution in [0.2, 0.25) is 0 Å². The van der Waals surface area contributed by atoms with E-state index in [1.165, 1.54) is 13.2 Å². The molecular weight excluding hydrogens is 237 g/mol. The average Bonchev–Trinajstić information content (AvgIpc) is 2.61. The number of fused-ring (bicyclic) bond motifs is 1. The normalized spacial score (nSPS) is 16.0. The van der Waals surface area contributed by atoms with Gasteiger partial charge in [0.2, 0.25) is 0 Å². The largest absolute Gasteiger partial charge is 0.493 e. The van der Waals surface area contributed by atoms with E-state index in [2.05, 4.69) is 0 Å². The molecule has 0 saturated carbocycles. The Morgan fingerprint density at radius 2 is 2.17 bits per heavy atom. The van der Waals surface area contributed by atoms with Crippen LogP contribution in [0.3, 0.4) is 0 Å². The first-order valence-corrected chi connectivity index (χ1v) is 6.05. The van der Waals surface area contributed by atoms with E-state index in [-0.39, 0.29) is 11.7 Å². The van der Waals surface area contributed by atoms with Crippen LogP contribution in [0.25, 0.3) is 0 Å². The maximum absolute atomic E-state index is 14.0. The Morgan fingerprint density at radius 3 is 2.83 bits per heavy atom. The Morgan fingerprint density at radius 1 is 1.44 bits per heavy atom. The molecule has 4 nitrogen and oxygen atoms in total. The van der Waals surface area contributed by atoms with Gasteiger partial charge in [0, 0.05) is 24.0 Å². The third kappa shape index (κ3) is 2.22. The fourth-order valence-electron chi connectivity index (χ4n) is 2.05. The molecule has 2 rings (SSSR count). The van der Waals surface area contributed by atoms with Crippen molar-refractivity contribution < 1.29 is 18.6 Å². The highest BCUT2D eigenvalue weighted by Gasteiger charge is 2.26. The minimum atomic E-state index is -0.447. The lowest BCUT2D eigenvalue weighted by Crippen LogP contribution is -2.13. The monoisotopic (exact) mass is 255 g/mol. The Balaban J connectivity index is 2.60. The van der Waals surface area contributed by atoms with E-state index >= 15 is 0 Å². The first-order chi connectivity index (χ1) is 8.69. The summed E-state index contributed by atoms with van der Waals surface area (Å²) in [6.45, 7) is 3.36. The third-order valence-corrected chi connectivity index (χ3v) is 3.03. The van der Waals surface area contributed by atoms with Gasteiger partial charge >= 0.3 is 0 Å². The smallest absolute Gasteiger partial charge is 0.169 e. The van der Waals surface area contributed by atoms with Gasteiger partial charge in [0.15, 0.2) is 23.1 Å². The Labute approximate surface area is 106 Å². The van der Waals surface area contributed by atoms with Crippen molar-refractivity contribution in [3.8, 4) is 17.2 Å². The lowest BCUT2D eigenvalue weighted by atomic mass is 9.98. The van der Waals surface area contributed by atoms with E-state index in [0.717, 1.165) is 6.42 Å². The maximum atomic E-state index is 14.0. The molecule has 100 valence electrons. The van der Waals surface area contributed by atoms with E-state index in [9.17, 15) is 4.39 Å². The SMILES string of the molecule is COc1c(F)cc2c(c1C(C)CN)OCCCO2. The lowest BCUT2D eigenvalue weighted by molar-refractivity contribution is 0.295. The minimum Gasteiger partial charge on any atom is -0.493 e. The van der Waals surface area contributed by atoms with Crippen molar-refractivity contribution in [3.05, 3.63) is 17.4 Å². The predicted octanol–water partition coefficient (Wildman–Crippen LogP) is 2.06. The predicted molar refractivity (Wildman–Crippen MR) is 66.0 cm³/mol. The Hall–Kier alpha value is -1.49. The maximum Gasteiger partial charge on any atom is 0.169 e. The second-order valence-corrected chi connectivity index (χ2v) is 4.32. The number of rotatable bonds is 3. The van der Waals surface area contributed by atoms with E-state index < -0.39 is 5.82 Å². The minimum absolute atomic E-state index is 0.0638. The Bertz CT molecular complexity index is 437. The first kappa shape index (κ1) is 13.0. The highest BCUT2D eigenvalue weighted by atomic mass is 19.1. The van der Waals surface area contributed by atoms with Gasteiger partial charge in [0.1, 0.15) is 0 Å². The van der Waals surface area contributed by atoms with Gasteiger partial charge in [0.05, 0.1) is 20.3 Å². The summed E-state index contributed by atoms with van der Waals surface area (Å²) < 4.78 is 30.3. The van der Waals surface area contributed by atoms with Crippen LogP contribution < -0.4 is 19.9 Å². The van der Waals surface area contributed by atoms with Gasteiger partial charge in [-0.05, 0) is 6.54 Å². The number of hydrogen-bond acceptors (Lipinski definition) is 4. The zero-order valence-corrected chi connectivity index (χ0v) is 10.7. The molecule has 2 N–H and O–H groups in total. The zero-order chi connectivity index (χ0) is 13.1. The fourth-order valence-corrected chi connectivity index (χ4v) is 2.05. The summed E-state index contributed by atoms with van der Waals surface area (Å²) in [5.41, 5.74) is 6.33. The van der Waals surface area contributed by atoms with Crippen molar-refractivity contribution in [3.63, 3.8) is 0 Å². The molecule has 1 aromatic rings. The van der Waals surface area contributed by atoms with E-state index in [0.29, 0.717) is 36.8 Å². The molecule has 1 atom stereocenters. The molecule has 5 heteroatoms. The first-order valence-electron chi connectivity index (χ1n) is 6.05. The van der Waals surface area contributed by atoms with Crippen molar-refractivity contribution in [1.82, 2.24) is 0 Å². The van der Waals surface area contributed by atoms with E-state index in [4.69, 9.17) is 19.9 Å². The van der Waals surface area contributed by atoms with Crippen molar-refractivity contribution in [2.24, 2.45) is 5.73 Å². The van der Waals surface area contributed by atoms with Crippen molar-refractivity contribution in [2.75, 3.05) is 26.9 Å². The van der Waals surface area contributed by atoms with E-state index in [1.54, 1.807) is 0 Å². The van der Waals surface area contributed by atoms with Gasteiger partial charge in [0.25, 0.3) is 0 Å². The summed E-state index contributed by atoms with van der Waals surface area (Å²) in [5, 5.41) is 0.